The van der Waals surface area contributed by atoms with Crippen molar-refractivity contribution in [3.05, 3.63) is 65.1 Å². The van der Waals surface area contributed by atoms with Gasteiger partial charge in [0, 0.05) is 29.1 Å². The Kier molecular flexibility index (Phi) is 6.91. The molecule has 4 heterocycles. The van der Waals surface area contributed by atoms with Crippen LogP contribution in [-0.2, 0) is 17.8 Å². The normalized spacial score (nSPS) is 14.2. The minimum Gasteiger partial charge on any atom is -0.471 e. The van der Waals surface area contributed by atoms with Crippen LogP contribution in [0.15, 0.2) is 41.6 Å². The number of anilines is 1. The van der Waals surface area contributed by atoms with Crippen LogP contribution in [0.4, 0.5) is 23.4 Å². The first kappa shape index (κ1) is 25.1. The molecule has 0 spiro atoms. The Morgan fingerprint density at radius 2 is 2.08 bits per heavy atom. The Morgan fingerprint density at radius 3 is 2.75 bits per heavy atom. The second-order valence-corrected chi connectivity index (χ2v) is 8.24. The molecule has 1 atom stereocenters. The molecule has 4 rings (SSSR count). The van der Waals surface area contributed by atoms with Crippen molar-refractivity contribution in [1.29, 1.82) is 0 Å². The number of carbonyl (C=O) groups excluding carboxylic acids is 2. The number of fused-ring (bicyclic) bond motifs is 1. The van der Waals surface area contributed by atoms with Crippen molar-refractivity contribution in [1.82, 2.24) is 19.9 Å². The molecule has 0 fully saturated rings. The maximum Gasteiger partial charge on any atom is 0.340 e. The quantitative estimate of drug-likeness (QED) is 0.437. The van der Waals surface area contributed by atoms with Crippen LogP contribution in [0.2, 0.25) is 0 Å². The first-order valence-corrected chi connectivity index (χ1v) is 10.8. The molecule has 0 saturated heterocycles. The minimum absolute atomic E-state index is 0.0292. The topological polar surface area (TPSA) is 110 Å². The van der Waals surface area contributed by atoms with Crippen LogP contribution in [0.3, 0.4) is 0 Å². The molecule has 0 saturated carbocycles. The van der Waals surface area contributed by atoms with Gasteiger partial charge in [-0.25, -0.2) is 23.7 Å². The SMILES string of the molecule is Cc1cc(C(C)N2Cc3c(ccnc3NC(=O)Cc3cocn3)C2=O)cnc1OCC(F)(F)C(F)F. The van der Waals surface area contributed by atoms with Crippen LogP contribution in [0.25, 0.3) is 0 Å². The summed E-state index contributed by atoms with van der Waals surface area (Å²) in [5.41, 5.74) is 2.29. The van der Waals surface area contributed by atoms with Crippen molar-refractivity contribution in [2.75, 3.05) is 11.9 Å². The third-order valence-electron chi connectivity index (χ3n) is 5.68. The molecular formula is C23H21F4N5O4. The monoisotopic (exact) mass is 507 g/mol. The number of hydrogen-bond acceptors (Lipinski definition) is 7. The van der Waals surface area contributed by atoms with Crippen molar-refractivity contribution in [3.63, 3.8) is 0 Å². The molecule has 0 bridgehead atoms. The van der Waals surface area contributed by atoms with Crippen LogP contribution in [0.1, 0.15) is 45.7 Å². The van der Waals surface area contributed by atoms with Crippen LogP contribution >= 0.6 is 0 Å². The minimum atomic E-state index is -4.30. The van der Waals surface area contributed by atoms with Gasteiger partial charge in [0.05, 0.1) is 24.7 Å². The third-order valence-corrected chi connectivity index (χ3v) is 5.68. The Balaban J connectivity index is 1.47. The van der Waals surface area contributed by atoms with Gasteiger partial charge in [-0.2, -0.15) is 8.78 Å². The molecule has 1 aliphatic heterocycles. The molecule has 2 amide bonds. The number of pyridine rings is 2. The summed E-state index contributed by atoms with van der Waals surface area (Å²) in [6, 6.07) is 2.65. The lowest BCUT2D eigenvalue weighted by Gasteiger charge is -2.25. The number of aromatic nitrogens is 3. The van der Waals surface area contributed by atoms with Gasteiger partial charge in [0.1, 0.15) is 12.1 Å². The van der Waals surface area contributed by atoms with Crippen LogP contribution in [-0.4, -0.2) is 50.6 Å². The summed E-state index contributed by atoms with van der Waals surface area (Å²) >= 11 is 0. The first-order valence-electron chi connectivity index (χ1n) is 10.8. The number of nitrogens with zero attached hydrogens (tertiary/aromatic N) is 4. The van der Waals surface area contributed by atoms with Crippen LogP contribution in [0.5, 0.6) is 5.88 Å². The number of amides is 2. The number of halogens is 4. The predicted octanol–water partition coefficient (Wildman–Crippen LogP) is 3.95. The molecule has 1 aliphatic rings. The lowest BCUT2D eigenvalue weighted by molar-refractivity contribution is -0.148. The zero-order valence-corrected chi connectivity index (χ0v) is 19.2. The zero-order valence-electron chi connectivity index (χ0n) is 19.2. The smallest absolute Gasteiger partial charge is 0.340 e. The lowest BCUT2D eigenvalue weighted by atomic mass is 10.1. The van der Waals surface area contributed by atoms with Crippen molar-refractivity contribution >= 4 is 17.6 Å². The number of aryl methyl sites for hydroxylation is 1. The van der Waals surface area contributed by atoms with Gasteiger partial charge in [0.15, 0.2) is 13.0 Å². The summed E-state index contributed by atoms with van der Waals surface area (Å²) in [4.78, 5) is 39.1. The van der Waals surface area contributed by atoms with Gasteiger partial charge in [0.25, 0.3) is 5.91 Å². The van der Waals surface area contributed by atoms with E-state index in [1.54, 1.807) is 24.0 Å². The summed E-state index contributed by atoms with van der Waals surface area (Å²) in [5.74, 6) is -4.92. The number of oxazole rings is 1. The van der Waals surface area contributed by atoms with E-state index in [2.05, 4.69) is 20.3 Å². The van der Waals surface area contributed by atoms with E-state index in [0.29, 0.717) is 27.9 Å². The van der Waals surface area contributed by atoms with Gasteiger partial charge < -0.3 is 19.4 Å². The van der Waals surface area contributed by atoms with Gasteiger partial charge in [-0.3, -0.25) is 9.59 Å². The van der Waals surface area contributed by atoms with E-state index in [9.17, 15) is 27.2 Å². The van der Waals surface area contributed by atoms with Crippen molar-refractivity contribution in [2.45, 2.75) is 45.2 Å². The second-order valence-electron chi connectivity index (χ2n) is 8.24. The Morgan fingerprint density at radius 1 is 1.31 bits per heavy atom. The second kappa shape index (κ2) is 9.91. The maximum absolute atomic E-state index is 13.2. The largest absolute Gasteiger partial charge is 0.471 e. The molecule has 3 aromatic heterocycles. The van der Waals surface area contributed by atoms with E-state index in [0.717, 1.165) is 0 Å². The lowest BCUT2D eigenvalue weighted by Crippen LogP contribution is -2.34. The summed E-state index contributed by atoms with van der Waals surface area (Å²) in [6.45, 7) is 1.93. The van der Waals surface area contributed by atoms with Gasteiger partial charge >= 0.3 is 12.3 Å². The molecule has 36 heavy (non-hydrogen) atoms. The zero-order chi connectivity index (χ0) is 26.0. The average molecular weight is 507 g/mol. The molecule has 0 aromatic carbocycles. The molecule has 0 radical (unpaired) electrons. The van der Waals surface area contributed by atoms with Crippen LogP contribution in [0, 0.1) is 6.92 Å². The summed E-state index contributed by atoms with van der Waals surface area (Å²) in [5, 5.41) is 2.70. The van der Waals surface area contributed by atoms with Crippen molar-refractivity contribution in [3.8, 4) is 5.88 Å². The highest BCUT2D eigenvalue weighted by Gasteiger charge is 2.42. The van der Waals surface area contributed by atoms with Gasteiger partial charge in [-0.05, 0) is 31.5 Å². The number of nitrogens with one attached hydrogen (secondary N) is 1. The fourth-order valence-corrected chi connectivity index (χ4v) is 3.71. The first-order chi connectivity index (χ1) is 17.1. The number of alkyl halides is 4. The molecule has 1 N–H and O–H groups in total. The molecule has 1 unspecified atom stereocenters. The fraction of sp³-hybridized carbons (Fsp3) is 0.348. The van der Waals surface area contributed by atoms with Crippen molar-refractivity contribution in [2.24, 2.45) is 0 Å². The summed E-state index contributed by atoms with van der Waals surface area (Å²) in [7, 11) is 0. The van der Waals surface area contributed by atoms with E-state index < -0.39 is 25.0 Å². The third kappa shape index (κ3) is 5.14. The number of hydrogen-bond donors (Lipinski definition) is 1. The summed E-state index contributed by atoms with van der Waals surface area (Å²) in [6.07, 6.45) is 1.44. The Labute approximate surface area is 202 Å². The molecule has 0 aliphatic carbocycles. The van der Waals surface area contributed by atoms with Gasteiger partial charge in [-0.15, -0.1) is 0 Å². The number of carbonyl (C=O) groups is 2. The van der Waals surface area contributed by atoms with E-state index >= 15 is 0 Å². The van der Waals surface area contributed by atoms with Crippen molar-refractivity contribution < 1.29 is 36.3 Å². The van der Waals surface area contributed by atoms with Crippen LogP contribution < -0.4 is 10.1 Å². The number of ether oxygens (including phenoxy) is 1. The Bertz CT molecular complexity index is 1270. The molecule has 3 aromatic rings. The van der Waals surface area contributed by atoms with E-state index in [4.69, 9.17) is 9.15 Å². The van der Waals surface area contributed by atoms with Gasteiger partial charge in [-0.1, -0.05) is 0 Å². The summed E-state index contributed by atoms with van der Waals surface area (Å²) < 4.78 is 60.7. The standard InChI is InChI=1S/C23H21F4N5O4/c1-12-5-14(7-29-20(12)36-10-23(26,27)22(24)25)13(2)32-8-17-16(21(32)34)3-4-28-19(17)31-18(33)6-15-9-35-11-30-15/h3-5,7,9,11,13,22H,6,8,10H2,1-2H3,(H,28,31,33). The molecule has 13 heteroatoms. The van der Waals surface area contributed by atoms with E-state index in [-0.39, 0.29) is 36.5 Å². The molecule has 190 valence electrons. The van der Waals surface area contributed by atoms with E-state index in [1.165, 1.54) is 32.0 Å². The highest BCUT2D eigenvalue weighted by Crippen LogP contribution is 2.35. The number of rotatable bonds is 9. The highest BCUT2D eigenvalue weighted by molar-refractivity contribution is 6.01. The predicted molar refractivity (Wildman–Crippen MR) is 117 cm³/mol. The average Bonchev–Trinajstić information content (AvgIpc) is 3.46. The van der Waals surface area contributed by atoms with Gasteiger partial charge in [0.2, 0.25) is 11.8 Å². The highest BCUT2D eigenvalue weighted by atomic mass is 19.3. The maximum atomic E-state index is 13.2. The molecule has 9 nitrogen and oxygen atoms in total. The molecular weight excluding hydrogens is 486 g/mol. The Hall–Kier alpha value is -4.03. The van der Waals surface area contributed by atoms with E-state index in [1.807, 2.05) is 0 Å². The fourth-order valence-electron chi connectivity index (χ4n) is 3.71.